The third kappa shape index (κ3) is 4.55. The maximum Gasteiger partial charge on any atom is 0.126 e. The average Bonchev–Trinajstić information content (AvgIpc) is 2.47. The molecule has 1 aromatic carbocycles. The molecule has 0 aliphatic heterocycles. The number of aromatic nitrogens is 1. The zero-order valence-corrected chi connectivity index (χ0v) is 14.1. The second-order valence-electron chi connectivity index (χ2n) is 5.23. The lowest BCUT2D eigenvalue weighted by atomic mass is 10.0. The molecule has 2 rings (SSSR count). The molecule has 1 heterocycles. The van der Waals surface area contributed by atoms with Crippen LogP contribution in [0.5, 0.6) is 5.75 Å². The van der Waals surface area contributed by atoms with Gasteiger partial charge in [-0.1, -0.05) is 22.9 Å². The van der Waals surface area contributed by atoms with Gasteiger partial charge in [0, 0.05) is 22.9 Å². The molecule has 0 saturated heterocycles. The number of aryl methyl sites for hydroxylation is 1. The Morgan fingerprint density at radius 3 is 2.67 bits per heavy atom. The van der Waals surface area contributed by atoms with Crippen LogP contribution >= 0.6 is 15.9 Å². The fraction of sp³-hybridized carbons (Fsp3) is 0.353. The maximum atomic E-state index is 6.10. The third-order valence-electron chi connectivity index (χ3n) is 3.46. The second kappa shape index (κ2) is 7.57. The summed E-state index contributed by atoms with van der Waals surface area (Å²) in [5.41, 5.74) is 9.49. The van der Waals surface area contributed by atoms with Gasteiger partial charge < -0.3 is 10.5 Å². The van der Waals surface area contributed by atoms with Crippen molar-refractivity contribution in [2.24, 2.45) is 5.73 Å². The number of halogens is 1. The minimum absolute atomic E-state index is 0.155. The highest BCUT2D eigenvalue weighted by Gasteiger charge is 2.12. The molecule has 2 aromatic rings. The molecular formula is C17H21BrN2O. The lowest BCUT2D eigenvalue weighted by molar-refractivity contribution is 0.300. The zero-order chi connectivity index (χ0) is 15.2. The van der Waals surface area contributed by atoms with Crippen LogP contribution in [0, 0.1) is 6.92 Å². The summed E-state index contributed by atoms with van der Waals surface area (Å²) in [5.74, 6) is 0.943. The molecule has 112 valence electrons. The summed E-state index contributed by atoms with van der Waals surface area (Å²) < 4.78 is 7.11. The predicted molar refractivity (Wildman–Crippen MR) is 89.4 cm³/mol. The molecule has 1 atom stereocenters. The van der Waals surface area contributed by atoms with Crippen LogP contribution in [0.25, 0.3) is 0 Å². The van der Waals surface area contributed by atoms with Crippen LogP contribution in [0.4, 0.5) is 0 Å². The smallest absolute Gasteiger partial charge is 0.126 e. The van der Waals surface area contributed by atoms with E-state index in [1.165, 1.54) is 0 Å². The van der Waals surface area contributed by atoms with Crippen LogP contribution in [0.15, 0.2) is 41.1 Å². The van der Waals surface area contributed by atoms with E-state index in [1.54, 1.807) is 12.4 Å². The third-order valence-corrected chi connectivity index (χ3v) is 3.91. The summed E-state index contributed by atoms with van der Waals surface area (Å²) >= 11 is 3.55. The minimum atomic E-state index is 0.155. The second-order valence-corrected chi connectivity index (χ2v) is 6.14. The van der Waals surface area contributed by atoms with E-state index in [4.69, 9.17) is 10.5 Å². The van der Waals surface area contributed by atoms with Crippen molar-refractivity contribution in [3.63, 3.8) is 0 Å². The van der Waals surface area contributed by atoms with Crippen LogP contribution < -0.4 is 10.5 Å². The molecule has 1 unspecified atom stereocenters. The molecular weight excluding hydrogens is 328 g/mol. The Hall–Kier alpha value is -1.39. The Morgan fingerprint density at radius 2 is 2.00 bits per heavy atom. The summed E-state index contributed by atoms with van der Waals surface area (Å²) in [5, 5.41) is 0. The van der Waals surface area contributed by atoms with Crippen LogP contribution in [0.2, 0.25) is 0 Å². The molecule has 2 N–H and O–H groups in total. The van der Waals surface area contributed by atoms with Crippen molar-refractivity contribution in [1.29, 1.82) is 0 Å². The largest absolute Gasteiger partial charge is 0.488 e. The molecule has 0 radical (unpaired) electrons. The van der Waals surface area contributed by atoms with Crippen molar-refractivity contribution in [2.75, 3.05) is 0 Å². The molecule has 0 aliphatic carbocycles. The van der Waals surface area contributed by atoms with Crippen LogP contribution in [-0.2, 0) is 13.0 Å². The number of nitrogens with zero attached hydrogens (tertiary/aromatic N) is 1. The van der Waals surface area contributed by atoms with E-state index in [1.807, 2.05) is 12.1 Å². The van der Waals surface area contributed by atoms with Crippen molar-refractivity contribution in [2.45, 2.75) is 39.3 Å². The van der Waals surface area contributed by atoms with Crippen molar-refractivity contribution < 1.29 is 4.74 Å². The Kier molecular flexibility index (Phi) is 5.76. The summed E-state index contributed by atoms with van der Waals surface area (Å²) in [6.07, 6.45) is 5.33. The van der Waals surface area contributed by atoms with Gasteiger partial charge in [-0.2, -0.15) is 0 Å². The summed E-state index contributed by atoms with van der Waals surface area (Å²) in [6, 6.07) is 8.26. The zero-order valence-electron chi connectivity index (χ0n) is 12.5. The molecule has 0 amide bonds. The summed E-state index contributed by atoms with van der Waals surface area (Å²) in [7, 11) is 0. The summed E-state index contributed by atoms with van der Waals surface area (Å²) in [4.78, 5) is 4.02. The monoisotopic (exact) mass is 348 g/mol. The van der Waals surface area contributed by atoms with E-state index in [9.17, 15) is 0 Å². The number of rotatable bonds is 6. The maximum absolute atomic E-state index is 6.10. The normalized spacial score (nSPS) is 12.2. The molecule has 0 spiro atoms. The van der Waals surface area contributed by atoms with Crippen LogP contribution in [0.3, 0.4) is 0 Å². The summed E-state index contributed by atoms with van der Waals surface area (Å²) in [6.45, 7) is 4.71. The molecule has 0 bridgehead atoms. The first-order valence-corrected chi connectivity index (χ1v) is 7.95. The topological polar surface area (TPSA) is 48.1 Å². The molecule has 4 heteroatoms. The van der Waals surface area contributed by atoms with Crippen LogP contribution in [0.1, 0.15) is 30.0 Å². The van der Waals surface area contributed by atoms with Crippen molar-refractivity contribution >= 4 is 15.9 Å². The van der Waals surface area contributed by atoms with E-state index in [-0.39, 0.29) is 6.04 Å². The van der Waals surface area contributed by atoms with Gasteiger partial charge in [-0.15, -0.1) is 0 Å². The van der Waals surface area contributed by atoms with Gasteiger partial charge in [-0.25, -0.2) is 0 Å². The molecule has 21 heavy (non-hydrogen) atoms. The number of nitrogens with two attached hydrogens (primary N) is 1. The highest BCUT2D eigenvalue weighted by molar-refractivity contribution is 9.10. The van der Waals surface area contributed by atoms with Gasteiger partial charge in [0.15, 0.2) is 0 Å². The molecule has 1 aromatic heterocycles. The average molecular weight is 349 g/mol. The quantitative estimate of drug-likeness (QED) is 0.857. The Bertz CT molecular complexity index is 587. The van der Waals surface area contributed by atoms with Crippen LogP contribution in [-0.4, -0.2) is 11.0 Å². The van der Waals surface area contributed by atoms with E-state index < -0.39 is 0 Å². The number of hydrogen-bond donors (Lipinski definition) is 1. The molecule has 0 saturated carbocycles. The fourth-order valence-electron chi connectivity index (χ4n) is 2.22. The number of benzene rings is 1. The first kappa shape index (κ1) is 16.0. The van der Waals surface area contributed by atoms with E-state index >= 15 is 0 Å². The Morgan fingerprint density at radius 1 is 1.29 bits per heavy atom. The Balaban J connectivity index is 2.20. The van der Waals surface area contributed by atoms with Gasteiger partial charge >= 0.3 is 0 Å². The lowest BCUT2D eigenvalue weighted by Crippen LogP contribution is -2.22. The SMILES string of the molecule is CCC(N)Cc1cc(Br)cc(C)c1OCc1ccncc1. The first-order chi connectivity index (χ1) is 10.1. The number of hydrogen-bond acceptors (Lipinski definition) is 3. The van der Waals surface area contributed by atoms with E-state index in [0.29, 0.717) is 6.61 Å². The standard InChI is InChI=1S/C17H21BrN2O/c1-3-16(19)10-14-9-15(18)8-12(2)17(14)21-11-13-4-6-20-7-5-13/h4-9,16H,3,10-11,19H2,1-2H3. The van der Waals surface area contributed by atoms with Crippen molar-refractivity contribution in [3.8, 4) is 5.75 Å². The molecule has 0 fully saturated rings. The fourth-order valence-corrected chi connectivity index (χ4v) is 2.84. The van der Waals surface area contributed by atoms with Crippen molar-refractivity contribution in [3.05, 3.63) is 57.8 Å². The number of pyridine rings is 1. The molecule has 3 nitrogen and oxygen atoms in total. The highest BCUT2D eigenvalue weighted by atomic mass is 79.9. The van der Waals surface area contributed by atoms with Gasteiger partial charge in [0.2, 0.25) is 0 Å². The van der Waals surface area contributed by atoms with Gasteiger partial charge in [0.1, 0.15) is 12.4 Å². The lowest BCUT2D eigenvalue weighted by Gasteiger charge is -2.17. The Labute approximate surface area is 134 Å². The molecule has 0 aliphatic rings. The minimum Gasteiger partial charge on any atom is -0.488 e. The highest BCUT2D eigenvalue weighted by Crippen LogP contribution is 2.30. The van der Waals surface area contributed by atoms with Gasteiger partial charge in [-0.3, -0.25) is 4.98 Å². The van der Waals surface area contributed by atoms with E-state index in [2.05, 4.69) is 46.9 Å². The van der Waals surface area contributed by atoms with E-state index in [0.717, 1.165) is 39.8 Å². The predicted octanol–water partition coefficient (Wildman–Crippen LogP) is 4.01. The first-order valence-electron chi connectivity index (χ1n) is 7.16. The number of ether oxygens (including phenoxy) is 1. The van der Waals surface area contributed by atoms with Gasteiger partial charge in [0.05, 0.1) is 0 Å². The van der Waals surface area contributed by atoms with Gasteiger partial charge in [0.25, 0.3) is 0 Å². The van der Waals surface area contributed by atoms with Crippen molar-refractivity contribution in [1.82, 2.24) is 4.98 Å². The van der Waals surface area contributed by atoms with Gasteiger partial charge in [-0.05, 0) is 60.7 Å².